The molecular formula is C7H8BrN5. The quantitative estimate of drug-likeness (QED) is 0.787. The van der Waals surface area contributed by atoms with Gasteiger partial charge in [-0.1, -0.05) is 0 Å². The smallest absolute Gasteiger partial charge is 0.177 e. The molecule has 0 fully saturated rings. The molecule has 13 heavy (non-hydrogen) atoms. The SMILES string of the molecule is Cn1cc(-c2cc(N)n[nH]2)nc1Br. The number of aromatic nitrogens is 4. The van der Waals surface area contributed by atoms with Crippen LogP contribution in [0.25, 0.3) is 11.4 Å². The minimum atomic E-state index is 0.469. The van der Waals surface area contributed by atoms with Gasteiger partial charge < -0.3 is 10.3 Å². The van der Waals surface area contributed by atoms with Crippen molar-refractivity contribution < 1.29 is 0 Å². The number of hydrogen-bond acceptors (Lipinski definition) is 3. The van der Waals surface area contributed by atoms with E-state index in [2.05, 4.69) is 31.1 Å². The molecule has 2 aromatic heterocycles. The van der Waals surface area contributed by atoms with Gasteiger partial charge in [-0.2, -0.15) is 5.10 Å². The molecule has 5 nitrogen and oxygen atoms in total. The summed E-state index contributed by atoms with van der Waals surface area (Å²) >= 11 is 3.31. The topological polar surface area (TPSA) is 72.5 Å². The average molecular weight is 242 g/mol. The normalized spacial score (nSPS) is 10.6. The second kappa shape index (κ2) is 2.88. The van der Waals surface area contributed by atoms with E-state index in [0.29, 0.717) is 5.82 Å². The standard InChI is InChI=1S/C7H8BrN5/c1-13-3-5(10-7(13)8)4-2-6(9)12-11-4/h2-3H,1H3,(H3,9,11,12). The molecule has 2 rings (SSSR count). The van der Waals surface area contributed by atoms with E-state index in [1.807, 2.05) is 17.8 Å². The molecule has 0 saturated heterocycles. The van der Waals surface area contributed by atoms with Crippen molar-refractivity contribution in [2.45, 2.75) is 0 Å². The summed E-state index contributed by atoms with van der Waals surface area (Å²) in [4.78, 5) is 4.25. The zero-order valence-corrected chi connectivity index (χ0v) is 8.54. The first-order chi connectivity index (χ1) is 6.16. The summed E-state index contributed by atoms with van der Waals surface area (Å²) in [6.07, 6.45) is 1.89. The molecule has 2 heterocycles. The lowest BCUT2D eigenvalue weighted by atomic mass is 10.3. The first kappa shape index (κ1) is 8.31. The molecule has 0 radical (unpaired) electrons. The average Bonchev–Trinajstić information content (AvgIpc) is 2.61. The van der Waals surface area contributed by atoms with Gasteiger partial charge in [0.15, 0.2) is 4.73 Å². The summed E-state index contributed by atoms with van der Waals surface area (Å²) in [7, 11) is 1.90. The monoisotopic (exact) mass is 241 g/mol. The van der Waals surface area contributed by atoms with Crippen molar-refractivity contribution in [3.05, 3.63) is 17.0 Å². The third kappa shape index (κ3) is 1.44. The lowest BCUT2D eigenvalue weighted by Crippen LogP contribution is -1.82. The van der Waals surface area contributed by atoms with E-state index in [9.17, 15) is 0 Å². The van der Waals surface area contributed by atoms with Crippen molar-refractivity contribution in [3.8, 4) is 11.4 Å². The Morgan fingerprint density at radius 3 is 2.85 bits per heavy atom. The van der Waals surface area contributed by atoms with E-state index >= 15 is 0 Å². The summed E-state index contributed by atoms with van der Waals surface area (Å²) in [6, 6.07) is 1.74. The number of anilines is 1. The molecule has 0 aromatic carbocycles. The number of imidazole rings is 1. The molecule has 0 aliphatic rings. The number of nitrogens with one attached hydrogen (secondary N) is 1. The van der Waals surface area contributed by atoms with Crippen LogP contribution < -0.4 is 5.73 Å². The van der Waals surface area contributed by atoms with E-state index in [1.54, 1.807) is 6.07 Å². The van der Waals surface area contributed by atoms with E-state index in [-0.39, 0.29) is 0 Å². The minimum Gasteiger partial charge on any atom is -0.382 e. The number of nitrogens with zero attached hydrogens (tertiary/aromatic N) is 3. The van der Waals surface area contributed by atoms with Crippen molar-refractivity contribution in [2.24, 2.45) is 7.05 Å². The van der Waals surface area contributed by atoms with Crippen LogP contribution in [0.15, 0.2) is 17.0 Å². The number of halogens is 1. The highest BCUT2D eigenvalue weighted by Crippen LogP contribution is 2.19. The predicted molar refractivity (Wildman–Crippen MR) is 52.9 cm³/mol. The largest absolute Gasteiger partial charge is 0.382 e. The predicted octanol–water partition coefficient (Wildman–Crippen LogP) is 1.15. The summed E-state index contributed by atoms with van der Waals surface area (Å²) in [5.74, 6) is 0.469. The lowest BCUT2D eigenvalue weighted by Gasteiger charge is -1.86. The Kier molecular flexibility index (Phi) is 1.84. The van der Waals surface area contributed by atoms with Gasteiger partial charge in [0.25, 0.3) is 0 Å². The van der Waals surface area contributed by atoms with Gasteiger partial charge in [0.05, 0.1) is 5.69 Å². The van der Waals surface area contributed by atoms with Crippen LogP contribution in [0.3, 0.4) is 0 Å². The molecule has 0 saturated carbocycles. The second-order valence-corrected chi connectivity index (χ2v) is 3.42. The summed E-state index contributed by atoms with van der Waals surface area (Å²) in [5, 5.41) is 6.61. The Morgan fingerprint density at radius 2 is 2.38 bits per heavy atom. The highest BCUT2D eigenvalue weighted by molar-refractivity contribution is 9.10. The number of H-pyrrole nitrogens is 1. The van der Waals surface area contributed by atoms with Gasteiger partial charge in [0.2, 0.25) is 0 Å². The van der Waals surface area contributed by atoms with Gasteiger partial charge in [0, 0.05) is 19.3 Å². The van der Waals surface area contributed by atoms with Crippen LogP contribution in [0.2, 0.25) is 0 Å². The number of rotatable bonds is 1. The zero-order chi connectivity index (χ0) is 9.42. The number of nitrogens with two attached hydrogens (primary N) is 1. The van der Waals surface area contributed by atoms with Gasteiger partial charge in [-0.15, -0.1) is 0 Å². The van der Waals surface area contributed by atoms with Crippen LogP contribution in [0, 0.1) is 0 Å². The molecule has 0 atom stereocenters. The van der Waals surface area contributed by atoms with Gasteiger partial charge in [-0.3, -0.25) is 5.10 Å². The number of nitrogen functional groups attached to an aromatic ring is 1. The molecule has 6 heteroatoms. The van der Waals surface area contributed by atoms with E-state index < -0.39 is 0 Å². The van der Waals surface area contributed by atoms with Gasteiger partial charge in [-0.05, 0) is 15.9 Å². The van der Waals surface area contributed by atoms with Crippen LogP contribution in [-0.4, -0.2) is 19.7 Å². The maximum absolute atomic E-state index is 5.47. The number of aromatic amines is 1. The Labute approximate surface area is 83.1 Å². The highest BCUT2D eigenvalue weighted by Gasteiger charge is 2.06. The van der Waals surface area contributed by atoms with Crippen LogP contribution in [0.4, 0.5) is 5.82 Å². The van der Waals surface area contributed by atoms with Crippen molar-refractivity contribution >= 4 is 21.7 Å². The lowest BCUT2D eigenvalue weighted by molar-refractivity contribution is 0.881. The molecule has 0 aliphatic carbocycles. The van der Waals surface area contributed by atoms with Crippen LogP contribution in [0.5, 0.6) is 0 Å². The second-order valence-electron chi connectivity index (χ2n) is 2.71. The van der Waals surface area contributed by atoms with Crippen LogP contribution >= 0.6 is 15.9 Å². The summed E-state index contributed by atoms with van der Waals surface area (Å²) < 4.78 is 2.64. The first-order valence-corrected chi connectivity index (χ1v) is 4.46. The Bertz CT molecular complexity index is 410. The third-order valence-corrected chi connectivity index (χ3v) is 2.43. The van der Waals surface area contributed by atoms with E-state index in [4.69, 9.17) is 5.73 Å². The fourth-order valence-corrected chi connectivity index (χ4v) is 1.34. The summed E-state index contributed by atoms with van der Waals surface area (Å²) in [5.41, 5.74) is 7.11. The van der Waals surface area contributed by atoms with Crippen LogP contribution in [0.1, 0.15) is 0 Å². The van der Waals surface area contributed by atoms with Crippen molar-refractivity contribution in [2.75, 3.05) is 5.73 Å². The number of hydrogen-bond donors (Lipinski definition) is 2. The fourth-order valence-electron chi connectivity index (χ4n) is 1.04. The van der Waals surface area contributed by atoms with Gasteiger partial charge >= 0.3 is 0 Å². The molecule has 68 valence electrons. The van der Waals surface area contributed by atoms with Gasteiger partial charge in [-0.25, -0.2) is 4.98 Å². The Morgan fingerprint density at radius 1 is 1.62 bits per heavy atom. The van der Waals surface area contributed by atoms with Crippen molar-refractivity contribution in [1.82, 2.24) is 19.7 Å². The van der Waals surface area contributed by atoms with Gasteiger partial charge in [0.1, 0.15) is 11.5 Å². The fraction of sp³-hybridized carbons (Fsp3) is 0.143. The minimum absolute atomic E-state index is 0.469. The molecule has 2 aromatic rings. The van der Waals surface area contributed by atoms with E-state index in [0.717, 1.165) is 16.1 Å². The van der Waals surface area contributed by atoms with Crippen LogP contribution in [-0.2, 0) is 7.05 Å². The molecule has 0 aliphatic heterocycles. The molecule has 3 N–H and O–H groups in total. The highest BCUT2D eigenvalue weighted by atomic mass is 79.9. The molecule has 0 spiro atoms. The first-order valence-electron chi connectivity index (χ1n) is 3.67. The Balaban J connectivity index is 2.46. The molecular weight excluding hydrogens is 234 g/mol. The maximum atomic E-state index is 5.47. The van der Waals surface area contributed by atoms with E-state index in [1.165, 1.54) is 0 Å². The van der Waals surface area contributed by atoms with Crippen molar-refractivity contribution in [1.29, 1.82) is 0 Å². The number of aryl methyl sites for hydroxylation is 1. The third-order valence-electron chi connectivity index (χ3n) is 1.69. The Hall–Kier alpha value is -1.30. The molecule has 0 bridgehead atoms. The van der Waals surface area contributed by atoms with Crippen molar-refractivity contribution in [3.63, 3.8) is 0 Å². The maximum Gasteiger partial charge on any atom is 0.177 e. The molecule has 0 amide bonds. The zero-order valence-electron chi connectivity index (χ0n) is 6.95. The summed E-state index contributed by atoms with van der Waals surface area (Å²) in [6.45, 7) is 0. The molecule has 0 unspecified atom stereocenters.